The van der Waals surface area contributed by atoms with Gasteiger partial charge in [-0.05, 0) is 43.7 Å². The van der Waals surface area contributed by atoms with E-state index in [1.54, 1.807) is 14.0 Å². The number of hydrogen-bond acceptors (Lipinski definition) is 4. The lowest BCUT2D eigenvalue weighted by molar-refractivity contribution is -0.131. The Morgan fingerprint density at radius 1 is 1.22 bits per heavy atom. The normalized spacial score (nSPS) is 34.3. The fourth-order valence-corrected chi connectivity index (χ4v) is 5.35. The second kappa shape index (κ2) is 6.40. The van der Waals surface area contributed by atoms with Crippen LogP contribution in [0.2, 0.25) is 0 Å². The molecular formula is C23H28O4. The van der Waals surface area contributed by atoms with Crippen LogP contribution >= 0.6 is 0 Å². The molecule has 1 spiro atoms. The van der Waals surface area contributed by atoms with E-state index < -0.39 is 23.5 Å². The van der Waals surface area contributed by atoms with Crippen molar-refractivity contribution in [3.8, 4) is 0 Å². The first kappa shape index (κ1) is 18.6. The second-order valence-corrected chi connectivity index (χ2v) is 8.52. The number of Topliss-reactive ketones (excluding diaryl/α,β-unsaturated/α-hetero) is 1. The summed E-state index contributed by atoms with van der Waals surface area (Å²) in [7, 11) is 1.55. The molecule has 4 rings (SSSR count). The van der Waals surface area contributed by atoms with Crippen LogP contribution in [0, 0.1) is 16.7 Å². The number of ether oxygens (including phenoxy) is 1. The van der Waals surface area contributed by atoms with Crippen LogP contribution in [-0.2, 0) is 16.0 Å². The Morgan fingerprint density at radius 3 is 2.44 bits per heavy atom. The van der Waals surface area contributed by atoms with Crippen molar-refractivity contribution in [3.05, 3.63) is 59.2 Å². The molecule has 0 aromatic heterocycles. The molecule has 4 atom stereocenters. The van der Waals surface area contributed by atoms with Gasteiger partial charge in [-0.2, -0.15) is 0 Å². The molecule has 2 fully saturated rings. The van der Waals surface area contributed by atoms with Gasteiger partial charge in [-0.3, -0.25) is 4.79 Å². The van der Waals surface area contributed by atoms with Gasteiger partial charge in [0.1, 0.15) is 0 Å². The molecule has 144 valence electrons. The number of fused-ring (bicyclic) bond motifs is 1. The first-order valence-corrected chi connectivity index (χ1v) is 9.74. The molecule has 0 aliphatic heterocycles. The Balaban J connectivity index is 1.81. The van der Waals surface area contributed by atoms with E-state index >= 15 is 0 Å². The third-order valence-electron chi connectivity index (χ3n) is 7.10. The average molecular weight is 368 g/mol. The summed E-state index contributed by atoms with van der Waals surface area (Å²) in [5.41, 5.74) is 2.61. The topological polar surface area (TPSA) is 66.8 Å². The fraction of sp³-hybridized carbons (Fsp3) is 0.522. The number of carbonyl (C=O) groups is 1. The summed E-state index contributed by atoms with van der Waals surface area (Å²) in [6.07, 6.45) is 2.14. The van der Waals surface area contributed by atoms with Crippen molar-refractivity contribution >= 4 is 5.78 Å². The first-order chi connectivity index (χ1) is 12.9. The number of aliphatic hydroxyl groups excluding tert-OH is 2. The number of carbonyl (C=O) groups excluding carboxylic acids is 1. The van der Waals surface area contributed by atoms with E-state index in [9.17, 15) is 15.0 Å². The van der Waals surface area contributed by atoms with E-state index in [2.05, 4.69) is 18.7 Å². The molecule has 4 nitrogen and oxygen atoms in total. The number of hydrogen-bond donors (Lipinski definition) is 2. The fourth-order valence-electron chi connectivity index (χ4n) is 5.35. The summed E-state index contributed by atoms with van der Waals surface area (Å²) in [4.78, 5) is 13.4. The van der Waals surface area contributed by atoms with Gasteiger partial charge < -0.3 is 14.9 Å². The summed E-state index contributed by atoms with van der Waals surface area (Å²) in [5, 5.41) is 21.0. The highest BCUT2D eigenvalue weighted by molar-refractivity contribution is 6.05. The third kappa shape index (κ3) is 2.50. The number of aliphatic hydroxyl groups is 2. The average Bonchev–Trinajstić information content (AvgIpc) is 3.45. The van der Waals surface area contributed by atoms with Crippen LogP contribution in [0.15, 0.2) is 53.6 Å². The molecule has 0 radical (unpaired) electrons. The summed E-state index contributed by atoms with van der Waals surface area (Å²) < 4.78 is 5.66. The van der Waals surface area contributed by atoms with Gasteiger partial charge >= 0.3 is 0 Å². The smallest absolute Gasteiger partial charge is 0.170 e. The molecule has 4 unspecified atom stereocenters. The minimum Gasteiger partial charge on any atom is -0.395 e. The van der Waals surface area contributed by atoms with Crippen molar-refractivity contribution in [2.24, 2.45) is 16.7 Å². The molecule has 0 heterocycles. The van der Waals surface area contributed by atoms with Gasteiger partial charge in [0.2, 0.25) is 0 Å². The van der Waals surface area contributed by atoms with Crippen LogP contribution in [0.1, 0.15) is 31.7 Å². The van der Waals surface area contributed by atoms with Gasteiger partial charge in [0.25, 0.3) is 0 Å². The SMILES string of the molecule is C=C1C(O)C2C(=C(CCc3ccccc3)C13CC3)C(=O)C(C)(CO)C2OC. The van der Waals surface area contributed by atoms with Crippen LogP contribution in [-0.4, -0.2) is 41.9 Å². The predicted octanol–water partition coefficient (Wildman–Crippen LogP) is 2.84. The molecule has 0 amide bonds. The van der Waals surface area contributed by atoms with E-state index in [0.29, 0.717) is 5.57 Å². The van der Waals surface area contributed by atoms with Crippen LogP contribution in [0.5, 0.6) is 0 Å². The lowest BCUT2D eigenvalue weighted by Crippen LogP contribution is -2.44. The van der Waals surface area contributed by atoms with Crippen molar-refractivity contribution in [2.75, 3.05) is 13.7 Å². The van der Waals surface area contributed by atoms with Crippen LogP contribution < -0.4 is 0 Å². The predicted molar refractivity (Wildman–Crippen MR) is 103 cm³/mol. The quantitative estimate of drug-likeness (QED) is 0.785. The molecule has 3 aliphatic carbocycles. The van der Waals surface area contributed by atoms with Crippen molar-refractivity contribution in [1.82, 2.24) is 0 Å². The zero-order valence-corrected chi connectivity index (χ0v) is 16.1. The highest BCUT2D eigenvalue weighted by Crippen LogP contribution is 2.66. The van der Waals surface area contributed by atoms with E-state index in [1.165, 1.54) is 5.56 Å². The number of rotatable bonds is 5. The van der Waals surface area contributed by atoms with Gasteiger partial charge in [-0.1, -0.05) is 42.5 Å². The Labute approximate surface area is 160 Å². The standard InChI is InChI=1S/C23H28O4/c1-14-19(25)18-17(20(26)22(2,13-24)21(18)27-3)16(23(14)11-12-23)10-9-15-7-5-4-6-8-15/h4-8,18-19,21,24-25H,1,9-13H2,2-3H3. The molecule has 27 heavy (non-hydrogen) atoms. The lowest BCUT2D eigenvalue weighted by Gasteiger charge is -2.39. The molecule has 3 aliphatic rings. The summed E-state index contributed by atoms with van der Waals surface area (Å²) in [6, 6.07) is 10.2. The Hall–Kier alpha value is -1.75. The van der Waals surface area contributed by atoms with Crippen molar-refractivity contribution in [2.45, 2.75) is 44.8 Å². The number of methoxy groups -OCH3 is 1. The van der Waals surface area contributed by atoms with Crippen molar-refractivity contribution < 1.29 is 19.7 Å². The first-order valence-electron chi connectivity index (χ1n) is 9.74. The number of allylic oxidation sites excluding steroid dienone is 1. The zero-order valence-electron chi connectivity index (χ0n) is 16.1. The zero-order chi connectivity index (χ0) is 19.4. The maximum atomic E-state index is 13.4. The van der Waals surface area contributed by atoms with Gasteiger partial charge in [-0.15, -0.1) is 0 Å². The maximum Gasteiger partial charge on any atom is 0.170 e. The summed E-state index contributed by atoms with van der Waals surface area (Å²) in [5.74, 6) is -0.508. The molecule has 2 N–H and O–H groups in total. The molecule has 4 heteroatoms. The lowest BCUT2D eigenvalue weighted by atomic mass is 9.69. The molecule has 2 saturated carbocycles. The second-order valence-electron chi connectivity index (χ2n) is 8.52. The minimum atomic E-state index is -1.02. The van der Waals surface area contributed by atoms with Gasteiger partial charge in [0.05, 0.1) is 24.2 Å². The van der Waals surface area contributed by atoms with Crippen LogP contribution in [0.4, 0.5) is 0 Å². The largest absolute Gasteiger partial charge is 0.395 e. The number of benzene rings is 1. The van der Waals surface area contributed by atoms with Crippen LogP contribution in [0.3, 0.4) is 0 Å². The number of ketones is 1. The van der Waals surface area contributed by atoms with Crippen molar-refractivity contribution in [1.29, 1.82) is 0 Å². The van der Waals surface area contributed by atoms with E-state index in [1.807, 2.05) is 18.2 Å². The van der Waals surface area contributed by atoms with E-state index in [-0.39, 0.29) is 17.8 Å². The van der Waals surface area contributed by atoms with E-state index in [0.717, 1.165) is 36.8 Å². The Bertz CT molecular complexity index is 805. The maximum absolute atomic E-state index is 13.4. The molecule has 0 bridgehead atoms. The van der Waals surface area contributed by atoms with Gasteiger partial charge in [-0.25, -0.2) is 0 Å². The molecular weight excluding hydrogens is 340 g/mol. The monoisotopic (exact) mass is 368 g/mol. The summed E-state index contributed by atoms with van der Waals surface area (Å²) >= 11 is 0. The molecule has 1 aromatic rings. The van der Waals surface area contributed by atoms with Gasteiger partial charge in [0, 0.05) is 24.0 Å². The van der Waals surface area contributed by atoms with E-state index in [4.69, 9.17) is 4.74 Å². The van der Waals surface area contributed by atoms with Gasteiger partial charge in [0.15, 0.2) is 5.78 Å². The Kier molecular flexibility index (Phi) is 4.41. The highest BCUT2D eigenvalue weighted by Gasteiger charge is 2.65. The van der Waals surface area contributed by atoms with Crippen molar-refractivity contribution in [3.63, 3.8) is 0 Å². The molecule has 0 saturated heterocycles. The molecule has 1 aromatic carbocycles. The minimum absolute atomic E-state index is 0.0669. The number of aryl methyl sites for hydroxylation is 1. The third-order valence-corrected chi connectivity index (χ3v) is 7.10. The van der Waals surface area contributed by atoms with Crippen LogP contribution in [0.25, 0.3) is 0 Å². The highest BCUT2D eigenvalue weighted by atomic mass is 16.5. The Morgan fingerprint density at radius 2 is 1.89 bits per heavy atom. The summed E-state index contributed by atoms with van der Waals surface area (Å²) in [6.45, 7) is 5.69.